The van der Waals surface area contributed by atoms with E-state index in [4.69, 9.17) is 9.78 Å². The number of hydrogen-bond acceptors (Lipinski definition) is 4. The molecule has 106 valence electrons. The van der Waals surface area contributed by atoms with E-state index in [1.807, 2.05) is 0 Å². The Morgan fingerprint density at radius 2 is 1.00 bits per heavy atom. The third kappa shape index (κ3) is 3.67. The number of hydrogen-bond donors (Lipinski definition) is 2. The van der Waals surface area contributed by atoms with Crippen LogP contribution < -0.4 is 0 Å². The Labute approximate surface area is 109 Å². The fraction of sp³-hybridized carbons (Fsp3) is 1.00. The van der Waals surface area contributed by atoms with Gasteiger partial charge in [-0.15, -0.1) is 0 Å². The minimum Gasteiger partial charge on any atom is -0.363 e. The second-order valence-electron chi connectivity index (χ2n) is 6.42. The maximum Gasteiger partial charge on any atom is 0.199 e. The van der Waals surface area contributed by atoms with Crippen LogP contribution in [0, 0.1) is 11.8 Å². The molecule has 2 aliphatic rings. The molecule has 0 bridgehead atoms. The number of rotatable bonds is 3. The molecular formula is C14H26O4. The van der Waals surface area contributed by atoms with E-state index in [1.54, 1.807) is 0 Å². The molecule has 2 N–H and O–H groups in total. The summed E-state index contributed by atoms with van der Waals surface area (Å²) in [5.41, 5.74) is 0. The van der Waals surface area contributed by atoms with E-state index in [9.17, 15) is 10.2 Å². The van der Waals surface area contributed by atoms with Crippen molar-refractivity contribution in [1.29, 1.82) is 0 Å². The van der Waals surface area contributed by atoms with Crippen molar-refractivity contribution in [2.75, 3.05) is 0 Å². The van der Waals surface area contributed by atoms with Crippen LogP contribution in [-0.4, -0.2) is 21.8 Å². The standard InChI is InChI=1S/C14H26O4/c1-11-3-7-13(15,8-4-11)17-18-14(16)9-5-12(2)6-10-14/h11-12,15-16H,3-10H2,1-2H3. The average Bonchev–Trinajstić information content (AvgIpc) is 2.36. The molecule has 0 aromatic heterocycles. The van der Waals surface area contributed by atoms with Gasteiger partial charge in [-0.25, -0.2) is 0 Å². The lowest BCUT2D eigenvalue weighted by Crippen LogP contribution is -2.43. The SMILES string of the molecule is CC1CCC(O)(OOC2(O)CCC(C)CC2)CC1. The highest BCUT2D eigenvalue weighted by Crippen LogP contribution is 2.37. The Kier molecular flexibility index (Phi) is 4.32. The monoisotopic (exact) mass is 258 g/mol. The predicted octanol–water partition coefficient (Wildman–Crippen LogP) is 2.73. The predicted molar refractivity (Wildman–Crippen MR) is 67.3 cm³/mol. The van der Waals surface area contributed by atoms with E-state index < -0.39 is 11.6 Å². The summed E-state index contributed by atoms with van der Waals surface area (Å²) in [6.07, 6.45) is 6.10. The molecule has 0 unspecified atom stereocenters. The van der Waals surface area contributed by atoms with Crippen LogP contribution in [0.2, 0.25) is 0 Å². The molecule has 2 saturated carbocycles. The van der Waals surface area contributed by atoms with Crippen molar-refractivity contribution in [3.05, 3.63) is 0 Å². The second-order valence-corrected chi connectivity index (χ2v) is 6.42. The lowest BCUT2D eigenvalue weighted by atomic mass is 9.86. The van der Waals surface area contributed by atoms with Crippen LogP contribution in [0.3, 0.4) is 0 Å². The minimum absolute atomic E-state index is 0.584. The van der Waals surface area contributed by atoms with Crippen molar-refractivity contribution >= 4 is 0 Å². The molecule has 2 aliphatic carbocycles. The Morgan fingerprint density at radius 1 is 0.722 bits per heavy atom. The van der Waals surface area contributed by atoms with E-state index in [0.717, 1.165) is 25.7 Å². The lowest BCUT2D eigenvalue weighted by molar-refractivity contribution is -0.502. The normalized spacial score (nSPS) is 46.0. The van der Waals surface area contributed by atoms with E-state index >= 15 is 0 Å². The van der Waals surface area contributed by atoms with Gasteiger partial charge in [-0.2, -0.15) is 9.78 Å². The van der Waals surface area contributed by atoms with E-state index in [2.05, 4.69) is 13.8 Å². The van der Waals surface area contributed by atoms with Crippen LogP contribution in [0.1, 0.15) is 65.2 Å². The third-order valence-electron chi connectivity index (χ3n) is 4.46. The smallest absolute Gasteiger partial charge is 0.199 e. The molecule has 0 saturated heterocycles. The van der Waals surface area contributed by atoms with Crippen molar-refractivity contribution in [2.45, 2.75) is 76.8 Å². The van der Waals surface area contributed by atoms with Crippen molar-refractivity contribution in [1.82, 2.24) is 0 Å². The highest BCUT2D eigenvalue weighted by molar-refractivity contribution is 4.77. The molecule has 2 fully saturated rings. The molecule has 0 aromatic carbocycles. The largest absolute Gasteiger partial charge is 0.363 e. The second kappa shape index (κ2) is 5.45. The summed E-state index contributed by atoms with van der Waals surface area (Å²) in [4.78, 5) is 10.4. The first-order chi connectivity index (χ1) is 8.41. The van der Waals surface area contributed by atoms with E-state index in [-0.39, 0.29) is 0 Å². The first-order valence-electron chi connectivity index (χ1n) is 7.22. The molecule has 0 amide bonds. The van der Waals surface area contributed by atoms with Gasteiger partial charge in [-0.1, -0.05) is 13.8 Å². The van der Waals surface area contributed by atoms with E-state index in [0.29, 0.717) is 37.5 Å². The summed E-state index contributed by atoms with van der Waals surface area (Å²) >= 11 is 0. The molecule has 18 heavy (non-hydrogen) atoms. The summed E-state index contributed by atoms with van der Waals surface area (Å²) in [5, 5.41) is 20.5. The molecule has 0 spiro atoms. The first kappa shape index (κ1) is 14.3. The van der Waals surface area contributed by atoms with Crippen molar-refractivity contribution in [2.24, 2.45) is 11.8 Å². The van der Waals surface area contributed by atoms with Crippen LogP contribution in [0.5, 0.6) is 0 Å². The van der Waals surface area contributed by atoms with Gasteiger partial charge in [0, 0.05) is 25.7 Å². The zero-order chi connectivity index (χ0) is 13.2. The Hall–Kier alpha value is -0.160. The fourth-order valence-electron chi connectivity index (χ4n) is 2.75. The van der Waals surface area contributed by atoms with Crippen molar-refractivity contribution < 1.29 is 20.0 Å². The molecular weight excluding hydrogens is 232 g/mol. The maximum absolute atomic E-state index is 10.2. The Balaban J connectivity index is 1.80. The zero-order valence-electron chi connectivity index (χ0n) is 11.5. The Morgan fingerprint density at radius 3 is 1.28 bits per heavy atom. The molecule has 0 atom stereocenters. The molecule has 4 heteroatoms. The molecule has 0 aliphatic heterocycles. The number of aliphatic hydroxyl groups is 2. The quantitative estimate of drug-likeness (QED) is 0.464. The van der Waals surface area contributed by atoms with Crippen LogP contribution in [-0.2, 0) is 9.78 Å². The average molecular weight is 258 g/mol. The summed E-state index contributed by atoms with van der Waals surface area (Å²) in [5.74, 6) is -1.14. The van der Waals surface area contributed by atoms with Crippen LogP contribution in [0.25, 0.3) is 0 Å². The van der Waals surface area contributed by atoms with Gasteiger partial charge in [0.2, 0.25) is 0 Å². The van der Waals surface area contributed by atoms with Gasteiger partial charge in [-0.05, 0) is 37.5 Å². The third-order valence-corrected chi connectivity index (χ3v) is 4.46. The lowest BCUT2D eigenvalue weighted by Gasteiger charge is -2.38. The van der Waals surface area contributed by atoms with Gasteiger partial charge in [0.15, 0.2) is 11.6 Å². The van der Waals surface area contributed by atoms with Gasteiger partial charge in [0.25, 0.3) is 0 Å². The van der Waals surface area contributed by atoms with Gasteiger partial charge in [0.1, 0.15) is 0 Å². The highest BCUT2D eigenvalue weighted by atomic mass is 17.2. The van der Waals surface area contributed by atoms with Crippen LogP contribution >= 0.6 is 0 Å². The van der Waals surface area contributed by atoms with Crippen LogP contribution in [0.15, 0.2) is 0 Å². The summed E-state index contributed by atoms with van der Waals surface area (Å²) in [7, 11) is 0. The topological polar surface area (TPSA) is 58.9 Å². The van der Waals surface area contributed by atoms with Gasteiger partial charge < -0.3 is 10.2 Å². The Bertz CT molecular complexity index is 235. The summed E-state index contributed by atoms with van der Waals surface area (Å²) in [6, 6.07) is 0. The molecule has 4 nitrogen and oxygen atoms in total. The van der Waals surface area contributed by atoms with E-state index in [1.165, 1.54) is 0 Å². The maximum atomic E-state index is 10.2. The highest BCUT2D eigenvalue weighted by Gasteiger charge is 2.40. The van der Waals surface area contributed by atoms with Gasteiger partial charge in [0.05, 0.1) is 0 Å². The van der Waals surface area contributed by atoms with Crippen LogP contribution in [0.4, 0.5) is 0 Å². The first-order valence-corrected chi connectivity index (χ1v) is 7.22. The van der Waals surface area contributed by atoms with Crippen molar-refractivity contribution in [3.63, 3.8) is 0 Å². The van der Waals surface area contributed by atoms with Gasteiger partial charge in [-0.3, -0.25) is 0 Å². The fourth-order valence-corrected chi connectivity index (χ4v) is 2.75. The summed E-state index contributed by atoms with van der Waals surface area (Å²) < 4.78 is 0. The zero-order valence-corrected chi connectivity index (χ0v) is 11.5. The van der Waals surface area contributed by atoms with Crippen molar-refractivity contribution in [3.8, 4) is 0 Å². The molecule has 0 radical (unpaired) electrons. The minimum atomic E-state index is -1.20. The summed E-state index contributed by atoms with van der Waals surface area (Å²) in [6.45, 7) is 4.35. The molecule has 0 aromatic rings. The van der Waals surface area contributed by atoms with Gasteiger partial charge >= 0.3 is 0 Å². The molecule has 0 heterocycles. The molecule has 2 rings (SSSR count).